The van der Waals surface area contributed by atoms with Crippen LogP contribution >= 0.6 is 0 Å². The second-order valence-corrected chi connectivity index (χ2v) is 3.53. The number of hydrogen-bond acceptors (Lipinski definition) is 2. The van der Waals surface area contributed by atoms with Crippen molar-refractivity contribution >= 4 is 5.82 Å². The first kappa shape index (κ1) is 10.8. The Labute approximate surface area is 86.1 Å². The molecule has 0 aliphatic carbocycles. The van der Waals surface area contributed by atoms with Crippen molar-refractivity contribution in [2.24, 2.45) is 0 Å². The molecule has 0 aliphatic rings. The van der Waals surface area contributed by atoms with Gasteiger partial charge in [0.2, 0.25) is 0 Å². The van der Waals surface area contributed by atoms with Crippen molar-refractivity contribution in [3.8, 4) is 0 Å². The van der Waals surface area contributed by atoms with Gasteiger partial charge in [0, 0.05) is 12.7 Å². The average molecular weight is 190 g/mol. The predicted octanol–water partition coefficient (Wildman–Crippen LogP) is 3.02. The molecule has 1 aromatic rings. The number of aromatic nitrogens is 1. The zero-order chi connectivity index (χ0) is 10.4. The highest BCUT2D eigenvalue weighted by molar-refractivity contribution is 5.44. The van der Waals surface area contributed by atoms with Gasteiger partial charge in [-0.3, -0.25) is 0 Å². The monoisotopic (exact) mass is 190 g/mol. The van der Waals surface area contributed by atoms with Gasteiger partial charge < -0.3 is 5.32 Å². The Bertz CT molecular complexity index is 312. The average Bonchev–Trinajstić information content (AvgIpc) is 2.18. The van der Waals surface area contributed by atoms with E-state index < -0.39 is 0 Å². The Morgan fingerprint density at radius 2 is 2.29 bits per heavy atom. The van der Waals surface area contributed by atoms with Gasteiger partial charge in [0.05, 0.1) is 0 Å². The van der Waals surface area contributed by atoms with Crippen molar-refractivity contribution in [3.63, 3.8) is 0 Å². The van der Waals surface area contributed by atoms with E-state index in [1.165, 1.54) is 11.1 Å². The molecule has 1 rings (SSSR count). The number of hydrogen-bond donors (Lipinski definition) is 1. The van der Waals surface area contributed by atoms with Crippen LogP contribution in [0.3, 0.4) is 0 Å². The number of nitrogens with one attached hydrogen (secondary N) is 1. The molecule has 0 bridgehead atoms. The van der Waals surface area contributed by atoms with E-state index in [-0.39, 0.29) is 0 Å². The summed E-state index contributed by atoms with van der Waals surface area (Å²) in [5.74, 6) is 1.01. The summed E-state index contributed by atoms with van der Waals surface area (Å²) >= 11 is 0. The third-order valence-corrected chi connectivity index (χ3v) is 2.05. The van der Waals surface area contributed by atoms with Gasteiger partial charge in [-0.05, 0) is 31.9 Å². The van der Waals surface area contributed by atoms with Gasteiger partial charge >= 0.3 is 0 Å². The molecule has 0 unspecified atom stereocenters. The smallest absolute Gasteiger partial charge is 0.129 e. The van der Waals surface area contributed by atoms with Crippen molar-refractivity contribution in [1.29, 1.82) is 0 Å². The number of nitrogens with zero attached hydrogens (tertiary/aromatic N) is 1. The molecule has 0 spiro atoms. The zero-order valence-corrected chi connectivity index (χ0v) is 9.17. The van der Waals surface area contributed by atoms with E-state index in [4.69, 9.17) is 0 Å². The highest BCUT2D eigenvalue weighted by Crippen LogP contribution is 2.11. The van der Waals surface area contributed by atoms with Crippen LogP contribution in [0.1, 0.15) is 26.3 Å². The molecule has 0 fully saturated rings. The van der Waals surface area contributed by atoms with Crippen LogP contribution < -0.4 is 5.32 Å². The summed E-state index contributed by atoms with van der Waals surface area (Å²) in [5.41, 5.74) is 2.60. The van der Waals surface area contributed by atoms with E-state index in [9.17, 15) is 0 Å². The highest BCUT2D eigenvalue weighted by atomic mass is 15.0. The quantitative estimate of drug-likeness (QED) is 0.738. The normalized spacial score (nSPS) is 9.64. The van der Waals surface area contributed by atoms with Crippen LogP contribution in [0.15, 0.2) is 30.0 Å². The second-order valence-electron chi connectivity index (χ2n) is 3.53. The van der Waals surface area contributed by atoms with E-state index in [0.29, 0.717) is 0 Å². The molecule has 2 nitrogen and oxygen atoms in total. The molecule has 0 saturated carbocycles. The Hall–Kier alpha value is -1.31. The Kier molecular flexibility index (Phi) is 4.17. The molecule has 14 heavy (non-hydrogen) atoms. The summed E-state index contributed by atoms with van der Waals surface area (Å²) < 4.78 is 0. The summed E-state index contributed by atoms with van der Waals surface area (Å²) in [6.07, 6.45) is 5.00. The van der Waals surface area contributed by atoms with E-state index in [2.05, 4.69) is 43.2 Å². The molecule has 2 heteroatoms. The van der Waals surface area contributed by atoms with Gasteiger partial charge in [-0.15, -0.1) is 0 Å². The number of anilines is 1. The third-order valence-electron chi connectivity index (χ3n) is 2.05. The minimum Gasteiger partial charge on any atom is -0.366 e. The lowest BCUT2D eigenvalue weighted by Gasteiger charge is -2.07. The maximum atomic E-state index is 4.31. The van der Waals surface area contributed by atoms with Crippen molar-refractivity contribution in [3.05, 3.63) is 35.5 Å². The number of allylic oxidation sites excluding steroid dienone is 1. The third kappa shape index (κ3) is 3.21. The maximum Gasteiger partial charge on any atom is 0.129 e. The van der Waals surface area contributed by atoms with Crippen molar-refractivity contribution < 1.29 is 0 Å². The molecule has 0 aliphatic heterocycles. The summed E-state index contributed by atoms with van der Waals surface area (Å²) in [7, 11) is 0. The molecule has 1 aromatic heterocycles. The van der Waals surface area contributed by atoms with Crippen LogP contribution in [0.25, 0.3) is 0 Å². The zero-order valence-electron chi connectivity index (χ0n) is 9.17. The first-order valence-corrected chi connectivity index (χ1v) is 5.05. The topological polar surface area (TPSA) is 24.9 Å². The first-order chi connectivity index (χ1) is 6.74. The van der Waals surface area contributed by atoms with Crippen molar-refractivity contribution in [2.45, 2.75) is 27.2 Å². The van der Waals surface area contributed by atoms with Crippen LogP contribution in [0.4, 0.5) is 5.82 Å². The van der Waals surface area contributed by atoms with E-state index >= 15 is 0 Å². The maximum absolute atomic E-state index is 4.31. The van der Waals surface area contributed by atoms with Crippen LogP contribution in [0, 0.1) is 0 Å². The summed E-state index contributed by atoms with van der Waals surface area (Å²) in [6, 6.07) is 4.09. The second kappa shape index (κ2) is 5.43. The van der Waals surface area contributed by atoms with Crippen molar-refractivity contribution in [1.82, 2.24) is 4.98 Å². The SMILES string of the molecule is CCc1cccnc1NCC=C(C)C. The summed E-state index contributed by atoms with van der Waals surface area (Å²) in [5, 5.41) is 3.31. The van der Waals surface area contributed by atoms with Crippen LogP contribution in [-0.2, 0) is 6.42 Å². The van der Waals surface area contributed by atoms with Gasteiger partial charge in [0.15, 0.2) is 0 Å². The lowest BCUT2D eigenvalue weighted by Crippen LogP contribution is -2.03. The van der Waals surface area contributed by atoms with Crippen LogP contribution in [0.2, 0.25) is 0 Å². The fourth-order valence-corrected chi connectivity index (χ4v) is 1.23. The highest BCUT2D eigenvalue weighted by Gasteiger charge is 1.97. The minimum absolute atomic E-state index is 0.854. The standard InChI is InChI=1S/C12H18N2/c1-4-11-6-5-8-13-12(11)14-9-7-10(2)3/h5-8H,4,9H2,1-3H3,(H,13,14). The molecule has 76 valence electrons. The largest absolute Gasteiger partial charge is 0.366 e. The van der Waals surface area contributed by atoms with Gasteiger partial charge in [-0.1, -0.05) is 24.6 Å². The van der Waals surface area contributed by atoms with Gasteiger partial charge in [0.1, 0.15) is 5.82 Å². The van der Waals surface area contributed by atoms with Gasteiger partial charge in [0.25, 0.3) is 0 Å². The fourth-order valence-electron chi connectivity index (χ4n) is 1.23. The molecule has 1 N–H and O–H groups in total. The molecular formula is C12H18N2. The first-order valence-electron chi connectivity index (χ1n) is 5.05. The lowest BCUT2D eigenvalue weighted by atomic mass is 10.2. The molecule has 0 atom stereocenters. The fraction of sp³-hybridized carbons (Fsp3) is 0.417. The Morgan fingerprint density at radius 3 is 2.93 bits per heavy atom. The predicted molar refractivity (Wildman–Crippen MR) is 61.5 cm³/mol. The molecule has 0 amide bonds. The number of aryl methyl sites for hydroxylation is 1. The molecule has 0 saturated heterocycles. The van der Waals surface area contributed by atoms with Crippen molar-refractivity contribution in [2.75, 3.05) is 11.9 Å². The molecule has 0 radical (unpaired) electrons. The molecule has 0 aromatic carbocycles. The summed E-state index contributed by atoms with van der Waals surface area (Å²) in [4.78, 5) is 4.31. The number of pyridine rings is 1. The molecular weight excluding hydrogens is 172 g/mol. The Balaban J connectivity index is 2.62. The van der Waals surface area contributed by atoms with Crippen LogP contribution in [0.5, 0.6) is 0 Å². The van der Waals surface area contributed by atoms with Gasteiger partial charge in [-0.2, -0.15) is 0 Å². The lowest BCUT2D eigenvalue weighted by molar-refractivity contribution is 1.08. The summed E-state index contributed by atoms with van der Waals surface area (Å²) in [6.45, 7) is 7.19. The van der Waals surface area contributed by atoms with E-state index in [1.54, 1.807) is 0 Å². The van der Waals surface area contributed by atoms with Crippen LogP contribution in [-0.4, -0.2) is 11.5 Å². The number of rotatable bonds is 4. The van der Waals surface area contributed by atoms with E-state index in [1.807, 2.05) is 12.3 Å². The van der Waals surface area contributed by atoms with Gasteiger partial charge in [-0.25, -0.2) is 4.98 Å². The Morgan fingerprint density at radius 1 is 1.50 bits per heavy atom. The van der Waals surface area contributed by atoms with E-state index in [0.717, 1.165) is 18.8 Å². The minimum atomic E-state index is 0.854. The molecule has 1 heterocycles.